The van der Waals surface area contributed by atoms with Gasteiger partial charge in [-0.15, -0.1) is 0 Å². The largest absolute Gasteiger partial charge is 0.454 e. The van der Waals surface area contributed by atoms with Crippen molar-refractivity contribution in [3.8, 4) is 0 Å². The number of carbonyl (C=O) groups excluding carboxylic acids is 3. The minimum Gasteiger partial charge on any atom is -0.454 e. The van der Waals surface area contributed by atoms with Crippen molar-refractivity contribution in [2.24, 2.45) is 5.92 Å². The van der Waals surface area contributed by atoms with Gasteiger partial charge in [-0.1, -0.05) is 30.1 Å². The molecule has 0 radical (unpaired) electrons. The molecule has 0 saturated carbocycles. The summed E-state index contributed by atoms with van der Waals surface area (Å²) in [5, 5.41) is 3.00. The van der Waals surface area contributed by atoms with E-state index in [0.717, 1.165) is 12.8 Å². The number of nitrogens with zero attached hydrogens (tertiary/aromatic N) is 1. The van der Waals surface area contributed by atoms with Crippen molar-refractivity contribution >= 4 is 41.0 Å². The third-order valence-electron chi connectivity index (χ3n) is 3.94. The molecule has 25 heavy (non-hydrogen) atoms. The first kappa shape index (κ1) is 19.5. The number of ether oxygens (including phenoxy) is 1. The van der Waals surface area contributed by atoms with Gasteiger partial charge in [0.1, 0.15) is 6.54 Å². The van der Waals surface area contributed by atoms with Gasteiger partial charge >= 0.3 is 5.97 Å². The quantitative estimate of drug-likeness (QED) is 0.788. The molecule has 6 nitrogen and oxygen atoms in total. The summed E-state index contributed by atoms with van der Waals surface area (Å²) >= 11 is 11.6. The van der Waals surface area contributed by atoms with Crippen LogP contribution >= 0.6 is 23.2 Å². The number of rotatable bonds is 5. The fraction of sp³-hybridized carbons (Fsp3) is 0.471. The van der Waals surface area contributed by atoms with Crippen LogP contribution in [0.4, 0.5) is 0 Å². The Kier molecular flexibility index (Phi) is 7.08. The summed E-state index contributed by atoms with van der Waals surface area (Å²) in [6.45, 7) is 2.82. The molecule has 1 atom stereocenters. The average Bonchev–Trinajstić information content (AvgIpc) is 2.59. The van der Waals surface area contributed by atoms with Crippen LogP contribution in [-0.4, -0.2) is 48.9 Å². The lowest BCUT2D eigenvalue weighted by atomic mass is 10.0. The highest BCUT2D eigenvalue weighted by Crippen LogP contribution is 2.22. The van der Waals surface area contributed by atoms with Gasteiger partial charge in [0.05, 0.1) is 10.0 Å². The number of esters is 1. The monoisotopic (exact) mass is 386 g/mol. The van der Waals surface area contributed by atoms with Crippen molar-refractivity contribution in [2.45, 2.75) is 19.8 Å². The number of likely N-dealkylation sites (tertiary alicyclic amines) is 1. The molecule has 1 aromatic carbocycles. The van der Waals surface area contributed by atoms with Crippen LogP contribution in [0.25, 0.3) is 0 Å². The number of carbonyl (C=O) groups is 3. The summed E-state index contributed by atoms with van der Waals surface area (Å²) < 4.78 is 4.93. The third-order valence-corrected chi connectivity index (χ3v) is 4.68. The third kappa shape index (κ3) is 5.90. The Morgan fingerprint density at radius 3 is 2.72 bits per heavy atom. The molecule has 1 saturated heterocycles. The second-order valence-corrected chi connectivity index (χ2v) is 6.87. The molecule has 1 fully saturated rings. The second-order valence-electron chi connectivity index (χ2n) is 6.06. The molecular weight excluding hydrogens is 367 g/mol. The van der Waals surface area contributed by atoms with Gasteiger partial charge in [0.15, 0.2) is 6.61 Å². The van der Waals surface area contributed by atoms with Crippen LogP contribution in [0, 0.1) is 5.92 Å². The van der Waals surface area contributed by atoms with Crippen molar-refractivity contribution < 1.29 is 19.1 Å². The fourth-order valence-electron chi connectivity index (χ4n) is 2.59. The van der Waals surface area contributed by atoms with Crippen molar-refractivity contribution in [3.05, 3.63) is 33.8 Å². The van der Waals surface area contributed by atoms with Gasteiger partial charge in [-0.3, -0.25) is 14.4 Å². The van der Waals surface area contributed by atoms with Gasteiger partial charge < -0.3 is 15.0 Å². The molecule has 1 aromatic rings. The normalized spacial score (nSPS) is 17.1. The molecule has 8 heteroatoms. The van der Waals surface area contributed by atoms with E-state index >= 15 is 0 Å². The maximum absolute atomic E-state index is 12.0. The number of piperidine rings is 1. The predicted octanol–water partition coefficient (Wildman–Crippen LogP) is 2.52. The topological polar surface area (TPSA) is 75.7 Å². The number of amides is 2. The van der Waals surface area contributed by atoms with Crippen molar-refractivity contribution in [1.82, 2.24) is 10.2 Å². The van der Waals surface area contributed by atoms with Crippen molar-refractivity contribution in [3.63, 3.8) is 0 Å². The zero-order valence-electron chi connectivity index (χ0n) is 13.9. The van der Waals surface area contributed by atoms with Crippen LogP contribution in [0.3, 0.4) is 0 Å². The van der Waals surface area contributed by atoms with Gasteiger partial charge in [-0.2, -0.15) is 0 Å². The van der Waals surface area contributed by atoms with E-state index in [-0.39, 0.29) is 29.6 Å². The summed E-state index contributed by atoms with van der Waals surface area (Å²) in [6, 6.07) is 4.40. The van der Waals surface area contributed by atoms with E-state index in [1.807, 2.05) is 0 Å². The summed E-state index contributed by atoms with van der Waals surface area (Å²) in [4.78, 5) is 37.4. The van der Waals surface area contributed by atoms with Crippen LogP contribution in [0.1, 0.15) is 30.1 Å². The predicted molar refractivity (Wildman–Crippen MR) is 94.7 cm³/mol. The van der Waals surface area contributed by atoms with Crippen LogP contribution in [-0.2, 0) is 14.3 Å². The van der Waals surface area contributed by atoms with Crippen LogP contribution in [0.2, 0.25) is 10.0 Å². The number of halogens is 2. The molecule has 2 rings (SSSR count). The highest BCUT2D eigenvalue weighted by molar-refractivity contribution is 6.42. The van der Waals surface area contributed by atoms with E-state index in [0.29, 0.717) is 24.0 Å². The summed E-state index contributed by atoms with van der Waals surface area (Å²) in [5.74, 6) is -0.909. The maximum atomic E-state index is 12.0. The highest BCUT2D eigenvalue weighted by Gasteiger charge is 2.21. The van der Waals surface area contributed by atoms with Crippen molar-refractivity contribution in [1.29, 1.82) is 0 Å². The molecule has 0 aromatic heterocycles. The number of nitrogens with one attached hydrogen (secondary N) is 1. The smallest absolute Gasteiger partial charge is 0.325 e. The summed E-state index contributed by atoms with van der Waals surface area (Å²) in [5.41, 5.74) is 0.278. The van der Waals surface area contributed by atoms with E-state index in [1.54, 1.807) is 4.90 Å². The van der Waals surface area contributed by atoms with Gasteiger partial charge in [0.2, 0.25) is 0 Å². The van der Waals surface area contributed by atoms with Crippen LogP contribution < -0.4 is 5.32 Å². The molecule has 1 aliphatic rings. The molecule has 136 valence electrons. The number of benzene rings is 1. The van der Waals surface area contributed by atoms with Gasteiger partial charge in [0.25, 0.3) is 11.8 Å². The highest BCUT2D eigenvalue weighted by atomic mass is 35.5. The van der Waals surface area contributed by atoms with Gasteiger partial charge in [-0.05, 0) is 37.0 Å². The Balaban J connectivity index is 1.73. The Hall–Kier alpha value is -1.79. The molecule has 1 N–H and O–H groups in total. The lowest BCUT2D eigenvalue weighted by Gasteiger charge is -2.30. The first-order valence-electron chi connectivity index (χ1n) is 8.03. The Morgan fingerprint density at radius 2 is 2.04 bits per heavy atom. The molecule has 1 heterocycles. The Morgan fingerprint density at radius 1 is 1.28 bits per heavy atom. The number of hydrogen-bond acceptors (Lipinski definition) is 4. The van der Waals surface area contributed by atoms with E-state index in [1.165, 1.54) is 18.2 Å². The standard InChI is InChI=1S/C17H20Cl2N2O4/c1-11-3-2-6-21(9-11)15(22)10-25-16(23)8-20-17(24)12-4-5-13(18)14(19)7-12/h4-5,7,11H,2-3,6,8-10H2,1H3,(H,20,24)/t11-/m0/s1. The zero-order valence-corrected chi connectivity index (χ0v) is 15.4. The van der Waals surface area contributed by atoms with Crippen LogP contribution in [0.5, 0.6) is 0 Å². The SMILES string of the molecule is C[C@H]1CCCN(C(=O)COC(=O)CNC(=O)c2ccc(Cl)c(Cl)c2)C1. The molecule has 0 unspecified atom stereocenters. The van der Waals surface area contributed by atoms with Crippen LogP contribution in [0.15, 0.2) is 18.2 Å². The second kappa shape index (κ2) is 9.06. The van der Waals surface area contributed by atoms with E-state index < -0.39 is 11.9 Å². The van der Waals surface area contributed by atoms with E-state index in [9.17, 15) is 14.4 Å². The minimum absolute atomic E-state index is 0.212. The molecule has 0 aliphatic carbocycles. The Labute approximate surface area is 156 Å². The fourth-order valence-corrected chi connectivity index (χ4v) is 2.89. The Bertz CT molecular complexity index is 666. The summed E-state index contributed by atoms with van der Waals surface area (Å²) in [6.07, 6.45) is 2.06. The first-order valence-corrected chi connectivity index (χ1v) is 8.79. The lowest BCUT2D eigenvalue weighted by Crippen LogP contribution is -2.42. The average molecular weight is 387 g/mol. The summed E-state index contributed by atoms with van der Waals surface area (Å²) in [7, 11) is 0. The molecule has 0 spiro atoms. The van der Waals surface area contributed by atoms with E-state index in [2.05, 4.69) is 12.2 Å². The van der Waals surface area contributed by atoms with E-state index in [4.69, 9.17) is 27.9 Å². The molecular formula is C17H20Cl2N2O4. The van der Waals surface area contributed by atoms with Gasteiger partial charge in [0, 0.05) is 18.7 Å². The molecule has 1 aliphatic heterocycles. The molecule has 0 bridgehead atoms. The molecule has 2 amide bonds. The maximum Gasteiger partial charge on any atom is 0.325 e. The van der Waals surface area contributed by atoms with Crippen molar-refractivity contribution in [2.75, 3.05) is 26.2 Å². The zero-order chi connectivity index (χ0) is 18.4. The van der Waals surface area contributed by atoms with Gasteiger partial charge in [-0.25, -0.2) is 0 Å². The number of hydrogen-bond donors (Lipinski definition) is 1. The minimum atomic E-state index is -0.674. The first-order chi connectivity index (χ1) is 11.9. The lowest BCUT2D eigenvalue weighted by molar-refractivity contribution is -0.151.